The van der Waals surface area contributed by atoms with Crippen molar-refractivity contribution >= 4 is 0 Å². The molecule has 0 N–H and O–H groups in total. The predicted octanol–water partition coefficient (Wildman–Crippen LogP) is 2.00. The number of halogens is 4. The summed E-state index contributed by atoms with van der Waals surface area (Å²) in [5, 5.41) is 0. The highest BCUT2D eigenvalue weighted by Crippen LogP contribution is 2.42. The Kier molecular flexibility index (Phi) is 1.88. The molecule has 0 aromatic heterocycles. The van der Waals surface area contributed by atoms with E-state index in [1.165, 1.54) is 0 Å². The largest absolute Gasteiger partial charge is 0.381 e. The Morgan fingerprint density at radius 3 is 2.00 bits per heavy atom. The van der Waals surface area contributed by atoms with Gasteiger partial charge in [0, 0.05) is 6.92 Å². The Morgan fingerprint density at radius 1 is 1.33 bits per heavy atom. The van der Waals surface area contributed by atoms with Gasteiger partial charge < -0.3 is 4.74 Å². The fourth-order valence-corrected chi connectivity index (χ4v) is 0.782. The SMILES string of the molecule is CC(F)(F)C1(C)OCC(F)(F)O1. The number of alkyl halides is 4. The first-order valence-corrected chi connectivity index (χ1v) is 3.26. The highest BCUT2D eigenvalue weighted by Gasteiger charge is 2.60. The fraction of sp³-hybridized carbons (Fsp3) is 1.00. The second-order valence-electron chi connectivity index (χ2n) is 2.86. The number of ether oxygens (including phenoxy) is 2. The summed E-state index contributed by atoms with van der Waals surface area (Å²) in [4.78, 5) is 0. The van der Waals surface area contributed by atoms with Crippen LogP contribution in [-0.4, -0.2) is 24.4 Å². The first-order valence-electron chi connectivity index (χ1n) is 3.26. The van der Waals surface area contributed by atoms with E-state index in [0.717, 1.165) is 6.92 Å². The van der Waals surface area contributed by atoms with E-state index in [1.807, 2.05) is 0 Å². The van der Waals surface area contributed by atoms with Crippen molar-refractivity contribution in [2.75, 3.05) is 6.61 Å². The molecule has 1 unspecified atom stereocenters. The van der Waals surface area contributed by atoms with Crippen LogP contribution in [0.2, 0.25) is 0 Å². The Hall–Kier alpha value is -0.360. The molecule has 0 aromatic carbocycles. The van der Waals surface area contributed by atoms with Crippen molar-refractivity contribution in [1.82, 2.24) is 0 Å². The van der Waals surface area contributed by atoms with Crippen LogP contribution in [0.4, 0.5) is 17.6 Å². The third-order valence-corrected chi connectivity index (χ3v) is 1.66. The molecule has 0 amide bonds. The quantitative estimate of drug-likeness (QED) is 0.586. The third kappa shape index (κ3) is 1.54. The molecule has 1 saturated heterocycles. The van der Waals surface area contributed by atoms with Crippen LogP contribution >= 0.6 is 0 Å². The van der Waals surface area contributed by atoms with E-state index >= 15 is 0 Å². The molecule has 6 heteroatoms. The van der Waals surface area contributed by atoms with Gasteiger partial charge in [-0.15, -0.1) is 0 Å². The van der Waals surface area contributed by atoms with Gasteiger partial charge in [0.05, 0.1) is 0 Å². The highest BCUT2D eigenvalue weighted by molar-refractivity contribution is 4.84. The molecule has 0 spiro atoms. The van der Waals surface area contributed by atoms with Gasteiger partial charge in [0.1, 0.15) is 6.61 Å². The van der Waals surface area contributed by atoms with Crippen LogP contribution in [0.3, 0.4) is 0 Å². The summed E-state index contributed by atoms with van der Waals surface area (Å²) in [5.41, 5.74) is 0. The Balaban J connectivity index is 2.78. The number of hydrogen-bond acceptors (Lipinski definition) is 2. The molecule has 1 rings (SSSR count). The van der Waals surface area contributed by atoms with Crippen LogP contribution < -0.4 is 0 Å². The Labute approximate surface area is 66.4 Å². The van der Waals surface area contributed by atoms with Gasteiger partial charge in [0.25, 0.3) is 5.92 Å². The van der Waals surface area contributed by atoms with E-state index < -0.39 is 24.4 Å². The van der Waals surface area contributed by atoms with E-state index in [0.29, 0.717) is 6.92 Å². The molecule has 0 aliphatic carbocycles. The summed E-state index contributed by atoms with van der Waals surface area (Å²) in [6, 6.07) is 0. The molecule has 1 aliphatic rings. The number of hydrogen-bond donors (Lipinski definition) is 0. The molecule has 1 heterocycles. The van der Waals surface area contributed by atoms with Crippen molar-refractivity contribution < 1.29 is 27.0 Å². The third-order valence-electron chi connectivity index (χ3n) is 1.66. The highest BCUT2D eigenvalue weighted by atomic mass is 19.3. The first kappa shape index (κ1) is 9.73. The van der Waals surface area contributed by atoms with Gasteiger partial charge in [0.2, 0.25) is 5.79 Å². The van der Waals surface area contributed by atoms with Crippen molar-refractivity contribution in [3.63, 3.8) is 0 Å². The average molecular weight is 188 g/mol. The van der Waals surface area contributed by atoms with Gasteiger partial charge in [-0.25, -0.2) is 8.78 Å². The summed E-state index contributed by atoms with van der Waals surface area (Å²) in [5.74, 6) is -5.97. The van der Waals surface area contributed by atoms with E-state index in [4.69, 9.17) is 0 Å². The van der Waals surface area contributed by atoms with Crippen LogP contribution in [-0.2, 0) is 9.47 Å². The summed E-state index contributed by atoms with van der Waals surface area (Å²) < 4.78 is 57.7. The fourth-order valence-electron chi connectivity index (χ4n) is 0.782. The molecular weight excluding hydrogens is 180 g/mol. The monoisotopic (exact) mass is 188 g/mol. The van der Waals surface area contributed by atoms with Gasteiger partial charge in [-0.2, -0.15) is 8.78 Å². The van der Waals surface area contributed by atoms with Crippen molar-refractivity contribution in [2.24, 2.45) is 0 Å². The average Bonchev–Trinajstić information content (AvgIpc) is 2.05. The maximum atomic E-state index is 12.6. The van der Waals surface area contributed by atoms with Crippen molar-refractivity contribution in [3.8, 4) is 0 Å². The van der Waals surface area contributed by atoms with E-state index in [9.17, 15) is 17.6 Å². The molecule has 2 nitrogen and oxygen atoms in total. The minimum atomic E-state index is -3.62. The lowest BCUT2D eigenvalue weighted by molar-refractivity contribution is -0.326. The zero-order valence-electron chi connectivity index (χ0n) is 6.54. The lowest BCUT2D eigenvalue weighted by Crippen LogP contribution is -2.45. The molecule has 1 fully saturated rings. The minimum absolute atomic E-state index is 0.467. The van der Waals surface area contributed by atoms with Crippen LogP contribution in [0, 0.1) is 0 Å². The summed E-state index contributed by atoms with van der Waals surface area (Å²) in [7, 11) is 0. The summed E-state index contributed by atoms with van der Waals surface area (Å²) in [6.07, 6.45) is -3.62. The molecule has 0 saturated carbocycles. The van der Waals surface area contributed by atoms with E-state index in [2.05, 4.69) is 9.47 Å². The minimum Gasteiger partial charge on any atom is -0.336 e. The van der Waals surface area contributed by atoms with Gasteiger partial charge in [-0.1, -0.05) is 0 Å². The Bertz CT molecular complexity index is 188. The lowest BCUT2D eigenvalue weighted by Gasteiger charge is -2.28. The standard InChI is InChI=1S/C6H8F4O2/c1-4(7,8)5(2)11-3-6(9,10)12-5/h3H2,1-2H3. The van der Waals surface area contributed by atoms with E-state index in [-0.39, 0.29) is 0 Å². The predicted molar refractivity (Wildman–Crippen MR) is 31.0 cm³/mol. The zero-order valence-corrected chi connectivity index (χ0v) is 6.54. The van der Waals surface area contributed by atoms with Crippen LogP contribution in [0.5, 0.6) is 0 Å². The van der Waals surface area contributed by atoms with Crippen LogP contribution in [0.1, 0.15) is 13.8 Å². The van der Waals surface area contributed by atoms with Gasteiger partial charge >= 0.3 is 6.11 Å². The first-order chi connectivity index (χ1) is 5.16. The lowest BCUT2D eigenvalue weighted by atomic mass is 10.2. The molecule has 0 radical (unpaired) electrons. The van der Waals surface area contributed by atoms with Gasteiger partial charge in [-0.05, 0) is 6.92 Å². The Morgan fingerprint density at radius 2 is 1.83 bits per heavy atom. The second kappa shape index (κ2) is 2.32. The van der Waals surface area contributed by atoms with Gasteiger partial charge in [-0.3, -0.25) is 4.74 Å². The second-order valence-corrected chi connectivity index (χ2v) is 2.86. The van der Waals surface area contributed by atoms with Crippen molar-refractivity contribution in [1.29, 1.82) is 0 Å². The smallest absolute Gasteiger partial charge is 0.336 e. The molecule has 12 heavy (non-hydrogen) atoms. The molecule has 0 aromatic rings. The molecule has 72 valence electrons. The summed E-state index contributed by atoms with van der Waals surface area (Å²) >= 11 is 0. The van der Waals surface area contributed by atoms with Crippen molar-refractivity contribution in [3.05, 3.63) is 0 Å². The maximum absolute atomic E-state index is 12.6. The molecule has 1 atom stereocenters. The molecule has 0 bridgehead atoms. The maximum Gasteiger partial charge on any atom is 0.381 e. The van der Waals surface area contributed by atoms with E-state index in [1.54, 1.807) is 0 Å². The molecule has 1 aliphatic heterocycles. The normalized spacial score (nSPS) is 35.5. The van der Waals surface area contributed by atoms with Gasteiger partial charge in [0.15, 0.2) is 0 Å². The topological polar surface area (TPSA) is 18.5 Å². The molecular formula is C6H8F4O2. The zero-order chi connectivity index (χ0) is 9.62. The van der Waals surface area contributed by atoms with Crippen LogP contribution in [0.15, 0.2) is 0 Å². The summed E-state index contributed by atoms with van der Waals surface area (Å²) in [6.45, 7) is 0.120. The number of rotatable bonds is 1. The van der Waals surface area contributed by atoms with Crippen LogP contribution in [0.25, 0.3) is 0 Å². The van der Waals surface area contributed by atoms with Crippen molar-refractivity contribution in [2.45, 2.75) is 31.7 Å².